The molecule has 0 aliphatic rings. The zero-order valence-corrected chi connectivity index (χ0v) is 18.3. The Morgan fingerprint density at radius 3 is 2.53 bits per heavy atom. The monoisotopic (exact) mass is 457 g/mol. The van der Waals surface area contributed by atoms with Crippen molar-refractivity contribution in [3.05, 3.63) is 28.0 Å². The van der Waals surface area contributed by atoms with E-state index in [1.165, 1.54) is 0 Å². The lowest BCUT2D eigenvalue weighted by molar-refractivity contribution is -0.148. The van der Waals surface area contributed by atoms with E-state index in [4.69, 9.17) is 33.0 Å². The molecule has 1 aromatic heterocycles. The van der Waals surface area contributed by atoms with Gasteiger partial charge in [0.2, 0.25) is 5.91 Å². The average Bonchev–Trinajstić information content (AvgIpc) is 3.07. The summed E-state index contributed by atoms with van der Waals surface area (Å²) in [7, 11) is 0. The summed E-state index contributed by atoms with van der Waals surface area (Å²) in [5.74, 6) is -2.67. The summed E-state index contributed by atoms with van der Waals surface area (Å²) in [6.07, 6.45) is 1.77. The van der Waals surface area contributed by atoms with Crippen LogP contribution < -0.4 is 5.32 Å². The first-order valence-corrected chi connectivity index (χ1v) is 10.6. The van der Waals surface area contributed by atoms with E-state index in [0.717, 1.165) is 12.8 Å². The van der Waals surface area contributed by atoms with E-state index in [-0.39, 0.29) is 25.3 Å². The minimum Gasteiger partial charge on any atom is -0.481 e. The second kappa shape index (κ2) is 11.2. The number of unbranched alkanes of at least 4 members (excludes halogenated alkanes) is 1. The molecular formula is C20H25Cl2N3O5. The molecule has 3 N–H and O–H groups in total. The second-order valence-electron chi connectivity index (χ2n) is 6.85. The number of amides is 1. The topological polar surface area (TPSA) is 121 Å². The number of carboxylic acids is 1. The number of fused-ring (bicyclic) bond motifs is 1. The van der Waals surface area contributed by atoms with Gasteiger partial charge in [0.25, 0.3) is 0 Å². The molecule has 8 nitrogen and oxygen atoms in total. The maximum Gasteiger partial charge on any atom is 0.328 e. The SMILES string of the molecule is CCCC[C@H](NC(=O)C(CCC(=O)O)c1nc2cc(Cl)c(Cl)cc2[nH]1)C(=O)OCC. The van der Waals surface area contributed by atoms with E-state index < -0.39 is 29.8 Å². The van der Waals surface area contributed by atoms with Crippen LogP contribution in [0.4, 0.5) is 0 Å². The molecule has 0 fully saturated rings. The zero-order valence-electron chi connectivity index (χ0n) is 16.8. The Morgan fingerprint density at radius 2 is 1.90 bits per heavy atom. The molecule has 0 aliphatic heterocycles. The van der Waals surface area contributed by atoms with Crippen LogP contribution in [0.25, 0.3) is 11.0 Å². The van der Waals surface area contributed by atoms with E-state index in [0.29, 0.717) is 27.5 Å². The second-order valence-corrected chi connectivity index (χ2v) is 7.66. The van der Waals surface area contributed by atoms with Crippen LogP contribution in [0.15, 0.2) is 12.1 Å². The molecule has 10 heteroatoms. The smallest absolute Gasteiger partial charge is 0.328 e. The number of ether oxygens (including phenoxy) is 1. The van der Waals surface area contributed by atoms with E-state index in [1.54, 1.807) is 19.1 Å². The van der Waals surface area contributed by atoms with Gasteiger partial charge in [-0.05, 0) is 31.9 Å². The van der Waals surface area contributed by atoms with E-state index in [1.807, 2.05) is 6.92 Å². The van der Waals surface area contributed by atoms with Crippen molar-refractivity contribution >= 4 is 52.1 Å². The summed E-state index contributed by atoms with van der Waals surface area (Å²) in [5, 5.41) is 12.4. The zero-order chi connectivity index (χ0) is 22.3. The lowest BCUT2D eigenvalue weighted by Gasteiger charge is -2.20. The van der Waals surface area contributed by atoms with Gasteiger partial charge < -0.3 is 20.1 Å². The maximum absolute atomic E-state index is 13.0. The molecule has 2 atom stereocenters. The molecule has 1 unspecified atom stereocenters. The van der Waals surface area contributed by atoms with E-state index in [9.17, 15) is 14.4 Å². The quantitative estimate of drug-likeness (QED) is 0.437. The van der Waals surface area contributed by atoms with Crippen molar-refractivity contribution in [1.29, 1.82) is 0 Å². The lowest BCUT2D eigenvalue weighted by atomic mass is 10.00. The van der Waals surface area contributed by atoms with Crippen LogP contribution in [0.2, 0.25) is 10.0 Å². The van der Waals surface area contributed by atoms with Crippen molar-refractivity contribution in [3.8, 4) is 0 Å². The van der Waals surface area contributed by atoms with Crippen LogP contribution in [0.5, 0.6) is 0 Å². The van der Waals surface area contributed by atoms with Gasteiger partial charge in [-0.25, -0.2) is 9.78 Å². The first-order valence-electron chi connectivity index (χ1n) is 9.80. The number of nitrogens with zero attached hydrogens (tertiary/aromatic N) is 1. The summed E-state index contributed by atoms with van der Waals surface area (Å²) in [6, 6.07) is 2.34. The Morgan fingerprint density at radius 1 is 1.20 bits per heavy atom. The van der Waals surface area contributed by atoms with Crippen molar-refractivity contribution in [3.63, 3.8) is 0 Å². The van der Waals surface area contributed by atoms with Crippen LogP contribution in [0.3, 0.4) is 0 Å². The fraction of sp³-hybridized carbons (Fsp3) is 0.500. The highest BCUT2D eigenvalue weighted by molar-refractivity contribution is 6.42. The van der Waals surface area contributed by atoms with Crippen molar-refractivity contribution in [1.82, 2.24) is 15.3 Å². The van der Waals surface area contributed by atoms with Crippen LogP contribution in [-0.4, -0.2) is 45.6 Å². The standard InChI is InChI=1S/C20H25Cl2N3O5/c1-3-5-6-14(20(29)30-4-2)25-19(28)11(7-8-17(26)27)18-23-15-9-12(21)13(22)10-16(15)24-18/h9-11,14H,3-8H2,1-2H3,(H,23,24)(H,25,28)(H,26,27)/t11?,14-/m0/s1. The minimum absolute atomic E-state index is 0.00573. The first kappa shape index (κ1) is 24.0. The van der Waals surface area contributed by atoms with Gasteiger partial charge >= 0.3 is 11.9 Å². The van der Waals surface area contributed by atoms with Gasteiger partial charge in [0.1, 0.15) is 11.9 Å². The predicted molar refractivity (Wildman–Crippen MR) is 114 cm³/mol. The number of hydrogen-bond acceptors (Lipinski definition) is 5. The van der Waals surface area contributed by atoms with Gasteiger partial charge in [-0.2, -0.15) is 0 Å². The number of carbonyl (C=O) groups excluding carboxylic acids is 2. The van der Waals surface area contributed by atoms with Crippen molar-refractivity contribution < 1.29 is 24.2 Å². The number of hydrogen-bond donors (Lipinski definition) is 3. The Kier molecular flexibility index (Phi) is 8.92. The number of benzene rings is 1. The molecule has 0 bridgehead atoms. The van der Waals surface area contributed by atoms with Gasteiger partial charge in [0.05, 0.1) is 33.6 Å². The number of rotatable bonds is 11. The van der Waals surface area contributed by atoms with Crippen LogP contribution >= 0.6 is 23.2 Å². The molecule has 1 amide bonds. The number of halogens is 2. The molecule has 0 saturated heterocycles. The number of H-pyrrole nitrogens is 1. The van der Waals surface area contributed by atoms with Gasteiger partial charge in [-0.1, -0.05) is 43.0 Å². The highest BCUT2D eigenvalue weighted by Gasteiger charge is 2.29. The number of aromatic nitrogens is 2. The molecule has 2 aromatic rings. The van der Waals surface area contributed by atoms with Crippen molar-refractivity contribution in [2.45, 2.75) is 57.9 Å². The number of carbonyl (C=O) groups is 3. The maximum atomic E-state index is 13.0. The Hall–Kier alpha value is -2.32. The minimum atomic E-state index is -1.04. The third-order valence-electron chi connectivity index (χ3n) is 4.57. The number of carboxylic acid groups (broad SMARTS) is 1. The van der Waals surface area contributed by atoms with Crippen LogP contribution in [-0.2, 0) is 19.1 Å². The third kappa shape index (κ3) is 6.34. The molecule has 164 valence electrons. The van der Waals surface area contributed by atoms with Gasteiger partial charge in [0.15, 0.2) is 0 Å². The summed E-state index contributed by atoms with van der Waals surface area (Å²) >= 11 is 12.1. The van der Waals surface area contributed by atoms with Crippen molar-refractivity contribution in [2.24, 2.45) is 0 Å². The molecule has 0 aliphatic carbocycles. The highest BCUT2D eigenvalue weighted by atomic mass is 35.5. The number of imidazole rings is 1. The largest absolute Gasteiger partial charge is 0.481 e. The molecule has 1 aromatic carbocycles. The molecule has 0 saturated carbocycles. The van der Waals surface area contributed by atoms with Gasteiger partial charge in [0, 0.05) is 6.42 Å². The van der Waals surface area contributed by atoms with Crippen LogP contribution in [0, 0.1) is 0 Å². The fourth-order valence-corrected chi connectivity index (χ4v) is 3.34. The Bertz CT molecular complexity index is 876. The number of esters is 1. The first-order chi connectivity index (χ1) is 14.3. The van der Waals surface area contributed by atoms with Crippen LogP contribution in [0.1, 0.15) is 57.7 Å². The summed E-state index contributed by atoms with van der Waals surface area (Å²) in [5.41, 5.74) is 1.07. The highest BCUT2D eigenvalue weighted by Crippen LogP contribution is 2.29. The molecule has 2 rings (SSSR count). The average molecular weight is 458 g/mol. The third-order valence-corrected chi connectivity index (χ3v) is 5.29. The normalized spacial score (nSPS) is 13.1. The van der Waals surface area contributed by atoms with E-state index >= 15 is 0 Å². The molecular weight excluding hydrogens is 433 g/mol. The molecule has 0 radical (unpaired) electrons. The molecule has 0 spiro atoms. The summed E-state index contributed by atoms with van der Waals surface area (Å²) < 4.78 is 5.06. The lowest BCUT2D eigenvalue weighted by Crippen LogP contribution is -2.44. The van der Waals surface area contributed by atoms with Crippen molar-refractivity contribution in [2.75, 3.05) is 6.61 Å². The molecule has 30 heavy (non-hydrogen) atoms. The predicted octanol–water partition coefficient (Wildman–Crippen LogP) is 4.06. The number of aromatic amines is 1. The molecule has 1 heterocycles. The Labute approximate surface area is 184 Å². The summed E-state index contributed by atoms with van der Waals surface area (Å²) in [4.78, 5) is 43.8. The number of nitrogens with one attached hydrogen (secondary N) is 2. The number of aliphatic carboxylic acids is 1. The van der Waals surface area contributed by atoms with Gasteiger partial charge in [-0.3, -0.25) is 9.59 Å². The Balaban J connectivity index is 2.31. The fourth-order valence-electron chi connectivity index (χ4n) is 3.02. The van der Waals surface area contributed by atoms with Gasteiger partial charge in [-0.15, -0.1) is 0 Å². The summed E-state index contributed by atoms with van der Waals surface area (Å²) in [6.45, 7) is 3.87. The van der Waals surface area contributed by atoms with E-state index in [2.05, 4.69) is 15.3 Å².